The third-order valence-electron chi connectivity index (χ3n) is 18.7. The van der Waals surface area contributed by atoms with E-state index >= 15 is 0 Å². The van der Waals surface area contributed by atoms with Gasteiger partial charge in [-0.3, -0.25) is 43.3 Å². The van der Waals surface area contributed by atoms with Gasteiger partial charge in [0.25, 0.3) is 6.43 Å². The second kappa shape index (κ2) is 29.3. The summed E-state index contributed by atoms with van der Waals surface area (Å²) in [5, 5.41) is 34.0. The van der Waals surface area contributed by atoms with E-state index in [4.69, 9.17) is 16.7 Å². The van der Waals surface area contributed by atoms with Crippen molar-refractivity contribution in [2.75, 3.05) is 66.5 Å². The van der Waals surface area contributed by atoms with Crippen LogP contribution in [-0.4, -0.2) is 144 Å². The number of anilines is 6. The first-order valence-electron chi connectivity index (χ1n) is 33.3. The number of hydrogen-bond donors (Lipinski definition) is 2. The average molecular weight is 1350 g/mol. The second-order valence-electron chi connectivity index (χ2n) is 25.5. The summed E-state index contributed by atoms with van der Waals surface area (Å²) >= 11 is 8.53. The maximum absolute atomic E-state index is 14.0. The van der Waals surface area contributed by atoms with E-state index in [1.54, 1.807) is 72.3 Å². The highest BCUT2D eigenvalue weighted by atomic mass is 35.5. The summed E-state index contributed by atoms with van der Waals surface area (Å²) < 4.78 is 35.3. The summed E-state index contributed by atoms with van der Waals surface area (Å²) in [7, 11) is 5.63. The number of halogens is 3. The lowest BCUT2D eigenvalue weighted by molar-refractivity contribution is -0.130. The molecule has 0 spiro atoms. The van der Waals surface area contributed by atoms with Crippen molar-refractivity contribution in [3.63, 3.8) is 0 Å². The zero-order chi connectivity index (χ0) is 68.4. The number of aromatic amines is 2. The Morgan fingerprint density at radius 1 is 0.542 bits per heavy atom. The van der Waals surface area contributed by atoms with Crippen LogP contribution in [0.15, 0.2) is 73.6 Å². The highest BCUT2D eigenvalue weighted by Crippen LogP contribution is 2.46. The summed E-state index contributed by atoms with van der Waals surface area (Å²) in [6.07, 6.45) is 20.0. The van der Waals surface area contributed by atoms with Gasteiger partial charge in [-0.25, -0.2) is 8.78 Å². The first-order valence-corrected chi connectivity index (χ1v) is 35.3. The molecule has 2 N–H and O–H groups in total. The Bertz CT molecular complexity index is 4310. The molecule has 3 aromatic carbocycles. The Morgan fingerprint density at radius 3 is 1.46 bits per heavy atom. The number of alkyl halides is 2. The minimum Gasteiger partial charge on any atom is -0.338 e. The lowest BCUT2D eigenvalue weighted by Gasteiger charge is -2.33. The number of H-pyrrole nitrogens is 2. The number of benzene rings is 3. The molecule has 0 saturated heterocycles. The molecule has 0 atom stereocenters. The number of amides is 3. The molecule has 15 rings (SSSR count). The molecule has 0 fully saturated rings. The molecule has 12 heterocycles. The lowest BCUT2D eigenvalue weighted by atomic mass is 9.93. The van der Waals surface area contributed by atoms with Gasteiger partial charge in [-0.1, -0.05) is 25.4 Å². The van der Waals surface area contributed by atoms with Gasteiger partial charge in [0.05, 0.1) is 43.2 Å². The number of hydrogen-bond acceptors (Lipinski definition) is 13. The maximum atomic E-state index is 14.0. The van der Waals surface area contributed by atoms with Gasteiger partial charge in [-0.15, -0.1) is 0 Å². The zero-order valence-electron chi connectivity index (χ0n) is 57.5. The fraction of sp³-hybridized carbons (Fsp3) is 0.451. The number of carbonyl (C=O) groups excluding carboxylic acids is 3. The molecule has 6 aliphatic heterocycles. The summed E-state index contributed by atoms with van der Waals surface area (Å²) in [6, 6.07) is 12.6. The first-order chi connectivity index (χ1) is 46.2. The standard InChI is InChI=1S/C24H29ClN6O.C22H26N6O.C21H22F2N6O.C2H6S.C2H6/c1-15(2)31-22-7-9-29(16(3)32)14-20(22)24(27-31)30-8-5-6-17-10-19(21(25)11-23(17)30)18-12-26-28(4)13-18;1-14-9-21-16(10-18(14)17-11-23-26(3)12-17)5-4-7-28(21)22-19-13-27(15(2)29)8-6-20(19)24-25-22;1-12(30)28-5-4-18-17(11-28)21(26-25-18)29-6-3-13-7-15(14-9-24-27(2)10-14)16(20(22)23)8-19(13)29;1-3-2;1-2/h10-13,15H,5-9,14H2,1-4H3;9-12H,4-8,13H2,1-3H3,(H,24,25);7-10,20H,3-6,11H2,1-2H3,(H,25,26);1-2H3;1-2H3. The molecule has 3 amide bonds. The molecule has 0 saturated carbocycles. The van der Waals surface area contributed by atoms with Crippen LogP contribution in [0.3, 0.4) is 0 Å². The Morgan fingerprint density at radius 2 is 0.969 bits per heavy atom. The van der Waals surface area contributed by atoms with Crippen molar-refractivity contribution < 1.29 is 23.2 Å². The summed E-state index contributed by atoms with van der Waals surface area (Å²) in [5.41, 5.74) is 20.3. The van der Waals surface area contributed by atoms with E-state index in [2.05, 4.69) is 101 Å². The van der Waals surface area contributed by atoms with Gasteiger partial charge in [-0.05, 0) is 135 Å². The third-order valence-corrected chi connectivity index (χ3v) is 19.1. The maximum Gasteiger partial charge on any atom is 0.264 e. The number of rotatable bonds is 8. The van der Waals surface area contributed by atoms with E-state index in [1.807, 2.05) is 84.5 Å². The van der Waals surface area contributed by atoms with Crippen molar-refractivity contribution in [2.24, 2.45) is 21.1 Å². The normalized spacial score (nSPS) is 15.2. The van der Waals surface area contributed by atoms with Crippen LogP contribution in [0, 0.1) is 6.92 Å². The van der Waals surface area contributed by atoms with Crippen LogP contribution in [-0.2, 0) is 93.7 Å². The van der Waals surface area contributed by atoms with Crippen molar-refractivity contribution in [3.8, 4) is 33.4 Å². The van der Waals surface area contributed by atoms with E-state index in [9.17, 15) is 23.2 Å². The van der Waals surface area contributed by atoms with Crippen LogP contribution in [0.4, 0.5) is 43.3 Å². The Hall–Kier alpha value is -8.77. The average Bonchev–Trinajstić information content (AvgIpc) is 1.53. The van der Waals surface area contributed by atoms with E-state index in [0.717, 1.165) is 145 Å². The molecule has 21 nitrogen and oxygen atoms in total. The van der Waals surface area contributed by atoms with Crippen molar-refractivity contribution in [3.05, 3.63) is 140 Å². The predicted molar refractivity (Wildman–Crippen MR) is 377 cm³/mol. The Kier molecular flexibility index (Phi) is 20.9. The number of thioether (sulfide) groups is 1. The lowest BCUT2D eigenvalue weighted by Crippen LogP contribution is -2.35. The van der Waals surface area contributed by atoms with Crippen LogP contribution in [0.1, 0.15) is 135 Å². The fourth-order valence-electron chi connectivity index (χ4n) is 14.0. The topological polar surface area (TPSA) is 199 Å². The predicted octanol–water partition coefficient (Wildman–Crippen LogP) is 13.0. The van der Waals surface area contributed by atoms with Crippen LogP contribution in [0.25, 0.3) is 33.4 Å². The molecular formula is C71H89ClF2N18O3S. The van der Waals surface area contributed by atoms with Crippen LogP contribution >= 0.6 is 23.4 Å². The van der Waals surface area contributed by atoms with Crippen LogP contribution < -0.4 is 14.7 Å². The van der Waals surface area contributed by atoms with Crippen molar-refractivity contribution in [1.29, 1.82) is 0 Å². The minimum atomic E-state index is -2.60. The fourth-order valence-corrected chi connectivity index (χ4v) is 14.3. The number of nitrogens with one attached hydrogen (secondary N) is 2. The molecule has 9 aromatic rings. The van der Waals surface area contributed by atoms with Gasteiger partial charge in [0, 0.05) is 204 Å². The van der Waals surface area contributed by atoms with E-state index < -0.39 is 6.43 Å². The molecular weight excluding hydrogens is 1260 g/mol. The van der Waals surface area contributed by atoms with Crippen LogP contribution in [0.2, 0.25) is 5.02 Å². The monoisotopic (exact) mass is 1350 g/mol. The number of carbonyl (C=O) groups is 3. The van der Waals surface area contributed by atoms with Crippen molar-refractivity contribution in [2.45, 2.75) is 139 Å². The summed E-state index contributed by atoms with van der Waals surface area (Å²) in [6.45, 7) is 21.7. The van der Waals surface area contributed by atoms with E-state index in [-0.39, 0.29) is 29.3 Å². The molecule has 96 heavy (non-hydrogen) atoms. The number of fused-ring (bicyclic) bond motifs is 6. The number of aryl methyl sites for hydroxylation is 6. The van der Waals surface area contributed by atoms with E-state index in [0.29, 0.717) is 55.3 Å². The van der Waals surface area contributed by atoms with Crippen LogP contribution in [0.5, 0.6) is 0 Å². The smallest absolute Gasteiger partial charge is 0.264 e. The van der Waals surface area contributed by atoms with E-state index in [1.165, 1.54) is 39.2 Å². The largest absolute Gasteiger partial charge is 0.338 e. The SMILES string of the molecule is CC.CC(=O)N1CCc2[nH]nc(N3CCCc4cc(-c5cnn(C)c5)c(C)cc43)c2C1.CC(=O)N1CCc2[nH]nc(N3CCc4cc(-c5cnn(C)c5)c(C(F)F)cc43)c2C1.CC(=O)N1CCc2c(c(N3CCCc4cc(-c5cnn(C)c5)c(Cl)cc43)nn2C(C)C)C1.CSC. The molecule has 25 heteroatoms. The van der Waals surface area contributed by atoms with Gasteiger partial charge in [0.15, 0.2) is 17.5 Å². The quantitative estimate of drug-likeness (QED) is 0.146. The molecule has 6 aliphatic rings. The first kappa shape index (κ1) is 68.6. The molecule has 0 bridgehead atoms. The highest BCUT2D eigenvalue weighted by Gasteiger charge is 2.35. The molecule has 0 aliphatic carbocycles. The summed E-state index contributed by atoms with van der Waals surface area (Å²) in [5.74, 6) is 2.92. The zero-order valence-corrected chi connectivity index (χ0v) is 59.1. The molecule has 0 unspecified atom stereocenters. The highest BCUT2D eigenvalue weighted by molar-refractivity contribution is 7.97. The third kappa shape index (κ3) is 13.9. The molecule has 0 radical (unpaired) electrons. The number of nitrogens with zero attached hydrogens (tertiary/aromatic N) is 16. The molecule has 508 valence electrons. The Balaban J connectivity index is 0.000000142. The van der Waals surface area contributed by atoms with Crippen molar-refractivity contribution >= 4 is 75.6 Å². The van der Waals surface area contributed by atoms with Gasteiger partial charge in [0.2, 0.25) is 17.7 Å². The van der Waals surface area contributed by atoms with Gasteiger partial charge >= 0.3 is 0 Å². The minimum absolute atomic E-state index is 0.0107. The molecule has 6 aromatic heterocycles. The number of aromatic nitrogens is 12. The van der Waals surface area contributed by atoms with Gasteiger partial charge < -0.3 is 29.4 Å². The summed E-state index contributed by atoms with van der Waals surface area (Å²) in [4.78, 5) is 48.1. The van der Waals surface area contributed by atoms with Gasteiger partial charge in [0.1, 0.15) is 0 Å². The Labute approximate surface area is 570 Å². The van der Waals surface area contributed by atoms with Gasteiger partial charge in [-0.2, -0.15) is 42.4 Å². The second-order valence-corrected chi connectivity index (χ2v) is 26.7. The van der Waals surface area contributed by atoms with Crippen molar-refractivity contribution in [1.82, 2.24) is 74.2 Å².